The van der Waals surface area contributed by atoms with Crippen molar-refractivity contribution in [3.63, 3.8) is 0 Å². The molecule has 0 aromatic rings. The quantitative estimate of drug-likeness (QED) is 0.689. The number of hydrogen-bond acceptors (Lipinski definition) is 3. The predicted octanol–water partition coefficient (Wildman–Crippen LogP) is 2.00. The van der Waals surface area contributed by atoms with Crippen molar-refractivity contribution in [2.75, 3.05) is 19.6 Å². The molecule has 0 bridgehead atoms. The summed E-state index contributed by atoms with van der Waals surface area (Å²) in [5.41, 5.74) is 0. The summed E-state index contributed by atoms with van der Waals surface area (Å²) in [4.78, 5) is 24.1. The molecule has 1 saturated carbocycles. The van der Waals surface area contributed by atoms with Gasteiger partial charge in [0.1, 0.15) is 0 Å². The number of halogens is 1. The van der Waals surface area contributed by atoms with Gasteiger partial charge in [0.15, 0.2) is 0 Å². The highest BCUT2D eigenvalue weighted by atomic mass is 35.5. The van der Waals surface area contributed by atoms with Gasteiger partial charge in [-0.2, -0.15) is 0 Å². The molecule has 0 radical (unpaired) electrons. The summed E-state index contributed by atoms with van der Waals surface area (Å²) in [7, 11) is 0. The van der Waals surface area contributed by atoms with Gasteiger partial charge in [-0.3, -0.25) is 9.59 Å². The van der Waals surface area contributed by atoms with Crippen LogP contribution in [0.25, 0.3) is 0 Å². The molecule has 134 valence electrons. The lowest BCUT2D eigenvalue weighted by Crippen LogP contribution is -2.42. The van der Waals surface area contributed by atoms with Crippen LogP contribution in [0.15, 0.2) is 0 Å². The van der Waals surface area contributed by atoms with E-state index in [-0.39, 0.29) is 36.2 Å². The van der Waals surface area contributed by atoms with Gasteiger partial charge in [0.2, 0.25) is 11.8 Å². The number of nitrogens with one attached hydrogen (secondary N) is 3. The predicted molar refractivity (Wildman–Crippen MR) is 94.6 cm³/mol. The lowest BCUT2D eigenvalue weighted by Gasteiger charge is -2.24. The largest absolute Gasteiger partial charge is 0.356 e. The Bertz CT molecular complexity index is 367. The van der Waals surface area contributed by atoms with Gasteiger partial charge in [-0.05, 0) is 51.6 Å². The maximum Gasteiger partial charge on any atom is 0.223 e. The topological polar surface area (TPSA) is 70.2 Å². The van der Waals surface area contributed by atoms with E-state index in [9.17, 15) is 9.59 Å². The maximum absolute atomic E-state index is 12.1. The zero-order valence-electron chi connectivity index (χ0n) is 14.2. The van der Waals surface area contributed by atoms with E-state index < -0.39 is 0 Å². The van der Waals surface area contributed by atoms with Crippen LogP contribution in [0.5, 0.6) is 0 Å². The van der Waals surface area contributed by atoms with Gasteiger partial charge >= 0.3 is 0 Å². The second-order valence-corrected chi connectivity index (χ2v) is 6.97. The van der Waals surface area contributed by atoms with E-state index in [1.165, 1.54) is 19.3 Å². The molecule has 1 aliphatic heterocycles. The number of rotatable bonds is 6. The van der Waals surface area contributed by atoms with Crippen molar-refractivity contribution in [2.24, 2.45) is 11.8 Å². The molecule has 2 unspecified atom stereocenters. The zero-order chi connectivity index (χ0) is 15.8. The minimum Gasteiger partial charge on any atom is -0.356 e. The molecule has 0 aromatic carbocycles. The smallest absolute Gasteiger partial charge is 0.223 e. The molecule has 0 aromatic heterocycles. The molecule has 1 aliphatic carbocycles. The minimum atomic E-state index is -0.0843. The first-order valence-corrected chi connectivity index (χ1v) is 8.93. The Labute approximate surface area is 146 Å². The Kier molecular flexibility index (Phi) is 9.56. The fourth-order valence-corrected chi connectivity index (χ4v) is 3.48. The molecule has 2 amide bonds. The zero-order valence-corrected chi connectivity index (χ0v) is 15.1. The SMILES string of the molecule is CC(CC(=O)NCC1CCCNC1)NC(=O)C1CCCCC1.Cl. The summed E-state index contributed by atoms with van der Waals surface area (Å²) >= 11 is 0. The van der Waals surface area contributed by atoms with Gasteiger partial charge in [-0.25, -0.2) is 0 Å². The highest BCUT2D eigenvalue weighted by molar-refractivity contribution is 5.85. The van der Waals surface area contributed by atoms with E-state index >= 15 is 0 Å². The molecule has 2 fully saturated rings. The standard InChI is InChI=1S/C17H31N3O2.ClH/c1-13(20-17(22)15-7-3-2-4-8-15)10-16(21)19-12-14-6-5-9-18-11-14;/h13-15,18H,2-12H2,1H3,(H,19,21)(H,20,22);1H. The van der Waals surface area contributed by atoms with Crippen LogP contribution in [0, 0.1) is 11.8 Å². The van der Waals surface area contributed by atoms with E-state index in [0.29, 0.717) is 12.3 Å². The highest BCUT2D eigenvalue weighted by Crippen LogP contribution is 2.23. The van der Waals surface area contributed by atoms with Crippen LogP contribution in [-0.4, -0.2) is 37.5 Å². The van der Waals surface area contributed by atoms with E-state index in [1.807, 2.05) is 6.92 Å². The molecule has 1 saturated heterocycles. The van der Waals surface area contributed by atoms with E-state index in [0.717, 1.165) is 45.3 Å². The molecule has 2 aliphatic rings. The van der Waals surface area contributed by atoms with Crippen molar-refractivity contribution >= 4 is 24.2 Å². The molecular weight excluding hydrogens is 314 g/mol. The summed E-state index contributed by atoms with van der Waals surface area (Å²) < 4.78 is 0. The fraction of sp³-hybridized carbons (Fsp3) is 0.882. The third-order valence-electron chi connectivity index (χ3n) is 4.84. The second-order valence-electron chi connectivity index (χ2n) is 6.97. The van der Waals surface area contributed by atoms with Crippen molar-refractivity contribution in [3.05, 3.63) is 0 Å². The van der Waals surface area contributed by atoms with Crippen LogP contribution in [0.2, 0.25) is 0 Å². The first-order chi connectivity index (χ1) is 10.6. The van der Waals surface area contributed by atoms with Crippen LogP contribution >= 0.6 is 12.4 Å². The Balaban J connectivity index is 0.00000264. The third kappa shape index (κ3) is 7.53. The van der Waals surface area contributed by atoms with Crippen LogP contribution in [0.3, 0.4) is 0 Å². The normalized spacial score (nSPS) is 23.4. The Morgan fingerprint density at radius 1 is 1.13 bits per heavy atom. The van der Waals surface area contributed by atoms with Crippen molar-refractivity contribution in [1.29, 1.82) is 0 Å². The summed E-state index contributed by atoms with van der Waals surface area (Å²) in [6.45, 7) is 4.75. The van der Waals surface area contributed by atoms with E-state index in [2.05, 4.69) is 16.0 Å². The third-order valence-corrected chi connectivity index (χ3v) is 4.84. The van der Waals surface area contributed by atoms with E-state index in [4.69, 9.17) is 0 Å². The molecule has 3 N–H and O–H groups in total. The molecular formula is C17H32ClN3O2. The van der Waals surface area contributed by atoms with Crippen LogP contribution in [0.1, 0.15) is 58.3 Å². The van der Waals surface area contributed by atoms with Crippen LogP contribution in [-0.2, 0) is 9.59 Å². The molecule has 23 heavy (non-hydrogen) atoms. The van der Waals surface area contributed by atoms with Crippen LogP contribution in [0.4, 0.5) is 0 Å². The molecule has 6 heteroatoms. The van der Waals surface area contributed by atoms with Gasteiger partial charge in [0, 0.05) is 24.9 Å². The van der Waals surface area contributed by atoms with Gasteiger partial charge in [0.25, 0.3) is 0 Å². The number of carbonyl (C=O) groups is 2. The van der Waals surface area contributed by atoms with Crippen molar-refractivity contribution in [1.82, 2.24) is 16.0 Å². The van der Waals surface area contributed by atoms with Crippen molar-refractivity contribution in [3.8, 4) is 0 Å². The van der Waals surface area contributed by atoms with Gasteiger partial charge < -0.3 is 16.0 Å². The molecule has 2 atom stereocenters. The fourth-order valence-electron chi connectivity index (χ4n) is 3.48. The average Bonchev–Trinajstić information content (AvgIpc) is 2.54. The summed E-state index contributed by atoms with van der Waals surface area (Å²) in [6, 6.07) is -0.0843. The van der Waals surface area contributed by atoms with Crippen molar-refractivity contribution < 1.29 is 9.59 Å². The Morgan fingerprint density at radius 2 is 1.87 bits per heavy atom. The Morgan fingerprint density at radius 3 is 2.52 bits per heavy atom. The first kappa shape index (κ1) is 20.2. The summed E-state index contributed by atoms with van der Waals surface area (Å²) in [5.74, 6) is 0.885. The minimum absolute atomic E-state index is 0. The van der Waals surface area contributed by atoms with Gasteiger partial charge in [-0.1, -0.05) is 19.3 Å². The summed E-state index contributed by atoms with van der Waals surface area (Å²) in [5, 5.41) is 9.37. The molecule has 2 rings (SSSR count). The summed E-state index contributed by atoms with van der Waals surface area (Å²) in [6.07, 6.45) is 8.30. The molecule has 1 heterocycles. The highest BCUT2D eigenvalue weighted by Gasteiger charge is 2.23. The van der Waals surface area contributed by atoms with Crippen molar-refractivity contribution in [2.45, 2.75) is 64.3 Å². The maximum atomic E-state index is 12.1. The van der Waals surface area contributed by atoms with Crippen LogP contribution < -0.4 is 16.0 Å². The number of hydrogen-bond donors (Lipinski definition) is 3. The molecule has 5 nitrogen and oxygen atoms in total. The number of amides is 2. The second kappa shape index (κ2) is 10.9. The number of carbonyl (C=O) groups excluding carboxylic acids is 2. The number of piperidine rings is 1. The first-order valence-electron chi connectivity index (χ1n) is 8.93. The lowest BCUT2D eigenvalue weighted by atomic mass is 9.88. The Hall–Kier alpha value is -0.810. The van der Waals surface area contributed by atoms with Gasteiger partial charge in [-0.15, -0.1) is 12.4 Å². The van der Waals surface area contributed by atoms with E-state index in [1.54, 1.807) is 0 Å². The monoisotopic (exact) mass is 345 g/mol. The molecule has 0 spiro atoms. The average molecular weight is 346 g/mol. The van der Waals surface area contributed by atoms with Gasteiger partial charge in [0.05, 0.1) is 0 Å². The lowest BCUT2D eigenvalue weighted by molar-refractivity contribution is -0.127.